The van der Waals surface area contributed by atoms with Gasteiger partial charge in [0.05, 0.1) is 0 Å². The van der Waals surface area contributed by atoms with Crippen LogP contribution < -0.4 is 10.6 Å². The van der Waals surface area contributed by atoms with Gasteiger partial charge in [0.1, 0.15) is 11.6 Å². The predicted molar refractivity (Wildman–Crippen MR) is 120 cm³/mol. The first-order chi connectivity index (χ1) is 14.7. The van der Waals surface area contributed by atoms with Crippen molar-refractivity contribution >= 4 is 17.7 Å². The highest BCUT2D eigenvalue weighted by Crippen LogP contribution is 2.32. The first-order valence-corrected chi connectivity index (χ1v) is 10.6. The Morgan fingerprint density at radius 2 is 1.74 bits per heavy atom. The van der Waals surface area contributed by atoms with Crippen LogP contribution >= 0.6 is 0 Å². The molecule has 166 valence electrons. The number of hydrogen-bond acceptors (Lipinski definition) is 5. The molecule has 7 heteroatoms. The highest BCUT2D eigenvalue weighted by atomic mass is 16.6. The number of alkyl carbamates (subject to hydrolysis) is 1. The van der Waals surface area contributed by atoms with Crippen molar-refractivity contribution in [3.63, 3.8) is 0 Å². The summed E-state index contributed by atoms with van der Waals surface area (Å²) in [5, 5.41) is 16.0. The number of benzene rings is 2. The number of hydrogen-bond donors (Lipinski definition) is 3. The monoisotopic (exact) mass is 425 g/mol. The molecule has 3 rings (SSSR count). The third-order valence-corrected chi connectivity index (χ3v) is 5.02. The lowest BCUT2D eigenvalue weighted by atomic mass is 10.0. The number of carboxylic acids is 1. The number of carboxylic acid groups (broad SMARTS) is 1. The van der Waals surface area contributed by atoms with Crippen LogP contribution in [-0.2, 0) is 22.6 Å². The molecule has 3 N–H and O–H groups in total. The summed E-state index contributed by atoms with van der Waals surface area (Å²) in [6.45, 7) is 7.87. The topological polar surface area (TPSA) is 90.9 Å². The van der Waals surface area contributed by atoms with Crippen molar-refractivity contribution < 1.29 is 19.4 Å². The molecule has 0 aliphatic carbocycles. The van der Waals surface area contributed by atoms with E-state index in [1.165, 1.54) is 11.1 Å². The molecule has 1 atom stereocenters. The van der Waals surface area contributed by atoms with Crippen LogP contribution in [0.15, 0.2) is 48.5 Å². The molecular weight excluding hydrogens is 394 g/mol. The number of carbonyl (C=O) groups is 2. The largest absolute Gasteiger partial charge is 0.480 e. The number of ether oxygens (including phenoxy) is 1. The van der Waals surface area contributed by atoms with E-state index in [-0.39, 0.29) is 0 Å². The first-order valence-electron chi connectivity index (χ1n) is 10.6. The van der Waals surface area contributed by atoms with E-state index in [0.29, 0.717) is 32.6 Å². The number of nitrogens with zero attached hydrogens (tertiary/aromatic N) is 1. The minimum atomic E-state index is -0.855. The van der Waals surface area contributed by atoms with Crippen LogP contribution in [0.4, 0.5) is 10.5 Å². The highest BCUT2D eigenvalue weighted by molar-refractivity contribution is 5.76. The number of carbonyl (C=O) groups excluding carboxylic acids is 1. The Bertz CT molecular complexity index is 898. The number of rotatable bonds is 8. The van der Waals surface area contributed by atoms with Crippen molar-refractivity contribution in [2.75, 3.05) is 18.4 Å². The molecule has 1 aliphatic rings. The molecule has 0 aromatic heterocycles. The fourth-order valence-electron chi connectivity index (χ4n) is 3.70. The summed E-state index contributed by atoms with van der Waals surface area (Å²) in [6.07, 6.45) is 0.290. The molecule has 7 nitrogen and oxygen atoms in total. The Balaban J connectivity index is 1.54. The molecule has 0 saturated heterocycles. The third-order valence-electron chi connectivity index (χ3n) is 5.02. The fourth-order valence-corrected chi connectivity index (χ4v) is 3.70. The van der Waals surface area contributed by atoms with Gasteiger partial charge in [0.25, 0.3) is 0 Å². The minimum Gasteiger partial charge on any atom is -0.480 e. The van der Waals surface area contributed by atoms with Crippen molar-refractivity contribution in [1.29, 1.82) is 0 Å². The zero-order valence-electron chi connectivity index (χ0n) is 18.4. The average Bonchev–Trinajstić information content (AvgIpc) is 3.10. The predicted octanol–water partition coefficient (Wildman–Crippen LogP) is 4.15. The van der Waals surface area contributed by atoms with Gasteiger partial charge in [-0.05, 0) is 56.0 Å². The third kappa shape index (κ3) is 6.46. The summed E-state index contributed by atoms with van der Waals surface area (Å²) in [5.74, 6) is -0.855. The number of aliphatic carboxylic acids is 1. The second-order valence-corrected chi connectivity index (χ2v) is 8.75. The van der Waals surface area contributed by atoms with Crippen molar-refractivity contribution in [1.82, 2.24) is 10.2 Å². The van der Waals surface area contributed by atoms with Gasteiger partial charge in [-0.3, -0.25) is 9.69 Å². The van der Waals surface area contributed by atoms with Crippen LogP contribution in [0.5, 0.6) is 0 Å². The summed E-state index contributed by atoms with van der Waals surface area (Å²) in [6, 6.07) is 14.9. The molecule has 1 heterocycles. The van der Waals surface area contributed by atoms with Gasteiger partial charge in [-0.15, -0.1) is 0 Å². The Hall–Kier alpha value is -3.06. The van der Waals surface area contributed by atoms with Crippen molar-refractivity contribution in [3.8, 4) is 0 Å². The van der Waals surface area contributed by atoms with Gasteiger partial charge in [0, 0.05) is 31.9 Å². The molecule has 0 spiro atoms. The maximum Gasteiger partial charge on any atom is 0.407 e. The summed E-state index contributed by atoms with van der Waals surface area (Å²) in [5.41, 5.74) is 3.45. The summed E-state index contributed by atoms with van der Waals surface area (Å²) >= 11 is 0. The Labute approximate surface area is 183 Å². The van der Waals surface area contributed by atoms with Gasteiger partial charge in [0.15, 0.2) is 0 Å². The fraction of sp³-hybridized carbons (Fsp3) is 0.417. The lowest BCUT2D eigenvalue weighted by Crippen LogP contribution is -2.33. The van der Waals surface area contributed by atoms with Crippen LogP contribution in [0.3, 0.4) is 0 Å². The van der Waals surface area contributed by atoms with E-state index < -0.39 is 23.7 Å². The Kier molecular flexibility index (Phi) is 7.17. The maximum atomic E-state index is 12.1. The number of anilines is 1. The van der Waals surface area contributed by atoms with Gasteiger partial charge >= 0.3 is 12.1 Å². The quantitative estimate of drug-likeness (QED) is 0.551. The first kappa shape index (κ1) is 22.6. The number of nitrogens with one attached hydrogen (secondary N) is 2. The summed E-state index contributed by atoms with van der Waals surface area (Å²) in [7, 11) is 0. The SMILES string of the molecule is CC(C)(C)OC(=O)NCCCNc1cccc([C@@H](C(=O)O)N2Cc3ccccc3C2)c1. The summed E-state index contributed by atoms with van der Waals surface area (Å²) < 4.78 is 5.21. The van der Waals surface area contributed by atoms with E-state index in [1.54, 1.807) is 0 Å². The second kappa shape index (κ2) is 9.83. The van der Waals surface area contributed by atoms with Crippen molar-refractivity contribution in [3.05, 3.63) is 65.2 Å². The zero-order chi connectivity index (χ0) is 22.4. The Morgan fingerprint density at radius 1 is 1.06 bits per heavy atom. The van der Waals surface area contributed by atoms with Gasteiger partial charge in [-0.1, -0.05) is 36.4 Å². The molecular formula is C24H31N3O4. The second-order valence-electron chi connectivity index (χ2n) is 8.75. The molecule has 1 aliphatic heterocycles. The zero-order valence-corrected chi connectivity index (χ0v) is 18.4. The molecule has 0 fully saturated rings. The van der Waals surface area contributed by atoms with Gasteiger partial charge in [0.2, 0.25) is 0 Å². The minimum absolute atomic E-state index is 0.426. The van der Waals surface area contributed by atoms with E-state index >= 15 is 0 Å². The summed E-state index contributed by atoms with van der Waals surface area (Å²) in [4.78, 5) is 25.7. The van der Waals surface area contributed by atoms with Gasteiger partial charge in [-0.2, -0.15) is 0 Å². The Morgan fingerprint density at radius 3 is 2.35 bits per heavy atom. The average molecular weight is 426 g/mol. The molecule has 0 bridgehead atoms. The lowest BCUT2D eigenvalue weighted by molar-refractivity contribution is -0.143. The van der Waals surface area contributed by atoms with Crippen LogP contribution in [-0.4, -0.2) is 40.8 Å². The lowest BCUT2D eigenvalue weighted by Gasteiger charge is -2.24. The van der Waals surface area contributed by atoms with E-state index in [1.807, 2.05) is 62.1 Å². The van der Waals surface area contributed by atoms with Crippen LogP contribution in [0.2, 0.25) is 0 Å². The van der Waals surface area contributed by atoms with Gasteiger partial charge in [-0.25, -0.2) is 4.79 Å². The van der Waals surface area contributed by atoms with E-state index in [0.717, 1.165) is 11.3 Å². The molecule has 0 radical (unpaired) electrons. The molecule has 1 amide bonds. The number of fused-ring (bicyclic) bond motifs is 1. The molecule has 0 saturated carbocycles. The van der Waals surface area contributed by atoms with E-state index in [4.69, 9.17) is 4.74 Å². The van der Waals surface area contributed by atoms with E-state index in [9.17, 15) is 14.7 Å². The van der Waals surface area contributed by atoms with E-state index in [2.05, 4.69) is 22.8 Å². The smallest absolute Gasteiger partial charge is 0.407 e. The molecule has 2 aromatic carbocycles. The molecule has 2 aromatic rings. The normalized spacial score (nSPS) is 14.5. The van der Waals surface area contributed by atoms with Crippen molar-refractivity contribution in [2.45, 2.75) is 51.9 Å². The highest BCUT2D eigenvalue weighted by Gasteiger charge is 2.31. The standard InChI is InChI=1S/C24H31N3O4/c1-24(2,3)31-23(30)26-13-7-12-25-20-11-6-10-17(14-20)21(22(28)29)27-15-18-8-4-5-9-19(18)16-27/h4-6,8-11,14,21,25H,7,12-13,15-16H2,1-3H3,(H,26,30)(H,28,29)/t21-/m0/s1. The number of amides is 1. The maximum absolute atomic E-state index is 12.1. The van der Waals surface area contributed by atoms with Crippen molar-refractivity contribution in [2.24, 2.45) is 0 Å². The molecule has 31 heavy (non-hydrogen) atoms. The van der Waals surface area contributed by atoms with Crippen LogP contribution in [0.25, 0.3) is 0 Å². The van der Waals surface area contributed by atoms with Crippen LogP contribution in [0, 0.1) is 0 Å². The molecule has 0 unspecified atom stereocenters. The van der Waals surface area contributed by atoms with Crippen LogP contribution in [0.1, 0.15) is 49.9 Å². The van der Waals surface area contributed by atoms with Gasteiger partial charge < -0.3 is 20.5 Å².